The van der Waals surface area contributed by atoms with Crippen LogP contribution in [0.5, 0.6) is 11.5 Å². The quantitative estimate of drug-likeness (QED) is 0.297. The molecule has 0 aliphatic heterocycles. The second kappa shape index (κ2) is 7.33. The predicted molar refractivity (Wildman–Crippen MR) is 112 cm³/mol. The van der Waals surface area contributed by atoms with Gasteiger partial charge in [0, 0.05) is 16.0 Å². The van der Waals surface area contributed by atoms with E-state index in [0.717, 1.165) is 33.5 Å². The summed E-state index contributed by atoms with van der Waals surface area (Å²) in [6, 6.07) is 18.2. The summed E-state index contributed by atoms with van der Waals surface area (Å²) >= 11 is 3.63. The second-order valence-corrected chi connectivity index (χ2v) is 8.62. The van der Waals surface area contributed by atoms with Gasteiger partial charge in [-0.05, 0) is 54.7 Å². The fourth-order valence-corrected chi connectivity index (χ4v) is 5.75. The molecule has 0 fully saturated rings. The van der Waals surface area contributed by atoms with E-state index in [1.807, 2.05) is 53.8 Å². The Balaban J connectivity index is 1.36. The van der Waals surface area contributed by atoms with Gasteiger partial charge in [-0.15, -0.1) is 23.1 Å². The maximum atomic E-state index is 5.96. The molecular formula is C22H18N2OS2. The Bertz CT molecular complexity index is 1090. The molecule has 3 nitrogen and oxygen atoms in total. The summed E-state index contributed by atoms with van der Waals surface area (Å²) in [5, 5.41) is 2.39. The van der Waals surface area contributed by atoms with Crippen LogP contribution in [-0.4, -0.2) is 9.97 Å². The Morgan fingerprint density at radius 2 is 1.85 bits per heavy atom. The summed E-state index contributed by atoms with van der Waals surface area (Å²) < 4.78 is 5.96. The molecule has 0 bridgehead atoms. The largest absolute Gasteiger partial charge is 0.457 e. The third kappa shape index (κ3) is 3.45. The highest BCUT2D eigenvalue weighted by atomic mass is 32.2. The smallest absolute Gasteiger partial charge is 0.128 e. The number of hydrogen-bond donors (Lipinski definition) is 0. The van der Waals surface area contributed by atoms with Gasteiger partial charge in [0.15, 0.2) is 0 Å². The molecule has 0 atom stereocenters. The summed E-state index contributed by atoms with van der Waals surface area (Å²) in [6.45, 7) is 0. The average Bonchev–Trinajstić information content (AvgIpc) is 3.29. The van der Waals surface area contributed by atoms with Gasteiger partial charge in [0.25, 0.3) is 0 Å². The highest BCUT2D eigenvalue weighted by Gasteiger charge is 2.21. The van der Waals surface area contributed by atoms with E-state index in [9.17, 15) is 0 Å². The molecule has 2 aromatic carbocycles. The number of aryl methyl sites for hydroxylation is 2. The number of aromatic nitrogens is 2. The van der Waals surface area contributed by atoms with Gasteiger partial charge in [-0.2, -0.15) is 0 Å². The van der Waals surface area contributed by atoms with Crippen LogP contribution < -0.4 is 4.74 Å². The number of thioether (sulfide) groups is 1. The number of nitrogens with zero attached hydrogens (tertiary/aromatic N) is 2. The molecule has 0 saturated carbocycles. The molecule has 27 heavy (non-hydrogen) atoms. The van der Waals surface area contributed by atoms with Gasteiger partial charge in [0.05, 0.1) is 0 Å². The Morgan fingerprint density at radius 1 is 0.963 bits per heavy atom. The van der Waals surface area contributed by atoms with Crippen LogP contribution in [0, 0.1) is 0 Å². The summed E-state index contributed by atoms with van der Waals surface area (Å²) in [5.41, 5.74) is 2.71. The summed E-state index contributed by atoms with van der Waals surface area (Å²) in [7, 11) is 0. The van der Waals surface area contributed by atoms with Gasteiger partial charge in [-0.25, -0.2) is 9.97 Å². The maximum absolute atomic E-state index is 5.96. The minimum Gasteiger partial charge on any atom is -0.457 e. The molecule has 0 radical (unpaired) electrons. The molecule has 0 unspecified atom stereocenters. The lowest BCUT2D eigenvalue weighted by molar-refractivity contribution is 0.482. The fraction of sp³-hybridized carbons (Fsp3) is 0.182. The first kappa shape index (κ1) is 16.8. The molecule has 2 heterocycles. The number of benzene rings is 2. The standard InChI is InChI=1S/C22H18N2OS2/c1-2-7-16(8-3-1)25-17-9-4-6-15(12-17)13-26-21-20-18-10-5-11-19(18)27-22(20)24-14-23-21/h1-4,6-9,12,14H,5,10-11,13H2. The van der Waals surface area contributed by atoms with Crippen molar-refractivity contribution in [1.82, 2.24) is 9.97 Å². The first-order valence-electron chi connectivity index (χ1n) is 9.07. The summed E-state index contributed by atoms with van der Waals surface area (Å²) in [6.07, 6.45) is 5.32. The second-order valence-electron chi connectivity index (χ2n) is 6.57. The van der Waals surface area contributed by atoms with Gasteiger partial charge < -0.3 is 4.74 Å². The molecule has 134 valence electrons. The minimum absolute atomic E-state index is 0.855. The third-order valence-corrected chi connectivity index (χ3v) is 6.98. The third-order valence-electron chi connectivity index (χ3n) is 4.72. The lowest BCUT2D eigenvalue weighted by Crippen LogP contribution is -1.89. The average molecular weight is 391 g/mol. The zero-order valence-electron chi connectivity index (χ0n) is 14.7. The van der Waals surface area contributed by atoms with Gasteiger partial charge in [-0.3, -0.25) is 0 Å². The van der Waals surface area contributed by atoms with Crippen molar-refractivity contribution in [2.24, 2.45) is 0 Å². The molecule has 0 N–H and O–H groups in total. The summed E-state index contributed by atoms with van der Waals surface area (Å²) in [4.78, 5) is 11.7. The number of thiophene rings is 1. The molecule has 1 aliphatic rings. The molecular weight excluding hydrogens is 372 g/mol. The molecule has 1 aliphatic carbocycles. The van der Waals surface area contributed by atoms with Crippen LogP contribution in [-0.2, 0) is 18.6 Å². The van der Waals surface area contributed by atoms with Crippen molar-refractivity contribution in [3.8, 4) is 11.5 Å². The Kier molecular flexibility index (Phi) is 4.56. The molecule has 0 saturated heterocycles. The van der Waals surface area contributed by atoms with Gasteiger partial charge in [-0.1, -0.05) is 30.3 Å². The van der Waals surface area contributed by atoms with Crippen molar-refractivity contribution in [1.29, 1.82) is 0 Å². The van der Waals surface area contributed by atoms with Crippen LogP contribution in [0.4, 0.5) is 0 Å². The summed E-state index contributed by atoms with van der Waals surface area (Å²) in [5.74, 6) is 2.58. The Labute approximate surface area is 166 Å². The zero-order chi connectivity index (χ0) is 18.1. The SMILES string of the molecule is c1ccc(Oc2cccc(CSc3ncnc4sc5c(c34)CCC5)c2)cc1. The monoisotopic (exact) mass is 390 g/mol. The topological polar surface area (TPSA) is 35.0 Å². The van der Waals surface area contributed by atoms with E-state index in [-0.39, 0.29) is 0 Å². The van der Waals surface area contributed by atoms with Crippen molar-refractivity contribution in [3.05, 3.63) is 76.9 Å². The number of hydrogen-bond acceptors (Lipinski definition) is 5. The molecule has 5 rings (SSSR count). The predicted octanol–water partition coefficient (Wildman–Crippen LogP) is 6.26. The molecule has 0 spiro atoms. The molecule has 2 aromatic heterocycles. The minimum atomic E-state index is 0.855. The van der Waals surface area contributed by atoms with Crippen LogP contribution in [0.1, 0.15) is 22.4 Å². The highest BCUT2D eigenvalue weighted by Crippen LogP contribution is 2.40. The van der Waals surface area contributed by atoms with Crippen LogP contribution in [0.15, 0.2) is 66.0 Å². The lowest BCUT2D eigenvalue weighted by atomic mass is 10.2. The van der Waals surface area contributed by atoms with Crippen LogP contribution in [0.25, 0.3) is 10.2 Å². The Morgan fingerprint density at radius 3 is 2.78 bits per heavy atom. The van der Waals surface area contributed by atoms with Crippen LogP contribution in [0.2, 0.25) is 0 Å². The van der Waals surface area contributed by atoms with Crippen molar-refractivity contribution in [2.75, 3.05) is 0 Å². The van der Waals surface area contributed by atoms with Crippen molar-refractivity contribution in [3.63, 3.8) is 0 Å². The van der Waals surface area contributed by atoms with Crippen molar-refractivity contribution >= 4 is 33.3 Å². The molecule has 0 amide bonds. The lowest BCUT2D eigenvalue weighted by Gasteiger charge is -2.08. The number of rotatable bonds is 5. The highest BCUT2D eigenvalue weighted by molar-refractivity contribution is 7.98. The van der Waals surface area contributed by atoms with E-state index in [1.165, 1.54) is 34.2 Å². The Hall–Kier alpha value is -2.37. The van der Waals surface area contributed by atoms with E-state index in [0.29, 0.717) is 0 Å². The first-order valence-corrected chi connectivity index (χ1v) is 10.9. The number of para-hydroxylation sites is 1. The van der Waals surface area contributed by atoms with Crippen LogP contribution >= 0.6 is 23.1 Å². The van der Waals surface area contributed by atoms with E-state index >= 15 is 0 Å². The van der Waals surface area contributed by atoms with Gasteiger partial charge in [0.2, 0.25) is 0 Å². The van der Waals surface area contributed by atoms with Crippen molar-refractivity contribution in [2.45, 2.75) is 30.0 Å². The maximum Gasteiger partial charge on any atom is 0.128 e. The first-order chi connectivity index (χ1) is 13.4. The fourth-order valence-electron chi connectivity index (χ4n) is 3.48. The van der Waals surface area contributed by atoms with E-state index in [1.54, 1.807) is 18.1 Å². The van der Waals surface area contributed by atoms with E-state index < -0.39 is 0 Å². The van der Waals surface area contributed by atoms with Gasteiger partial charge >= 0.3 is 0 Å². The van der Waals surface area contributed by atoms with E-state index in [4.69, 9.17) is 4.74 Å². The normalized spacial score (nSPS) is 13.0. The van der Waals surface area contributed by atoms with Crippen LogP contribution in [0.3, 0.4) is 0 Å². The number of ether oxygens (including phenoxy) is 1. The van der Waals surface area contributed by atoms with Gasteiger partial charge in [0.1, 0.15) is 27.7 Å². The molecule has 5 heteroatoms. The van der Waals surface area contributed by atoms with Crippen molar-refractivity contribution < 1.29 is 4.74 Å². The molecule has 4 aromatic rings. The van der Waals surface area contributed by atoms with E-state index in [2.05, 4.69) is 22.1 Å². The number of fused-ring (bicyclic) bond motifs is 3. The zero-order valence-corrected chi connectivity index (χ0v) is 16.4.